The second kappa shape index (κ2) is 8.23. The Balaban J connectivity index is 1.97. The number of hydrogen-bond donors (Lipinski definition) is 1. The molecule has 106 valence electrons. The van der Waals surface area contributed by atoms with E-state index in [9.17, 15) is 0 Å². The van der Waals surface area contributed by atoms with Gasteiger partial charge in [0.15, 0.2) is 0 Å². The van der Waals surface area contributed by atoms with Crippen molar-refractivity contribution in [1.82, 2.24) is 5.32 Å². The molecule has 3 heteroatoms. The van der Waals surface area contributed by atoms with E-state index in [1.54, 1.807) is 0 Å². The number of likely N-dealkylation sites (N-methyl/N-ethyl adjacent to an activating group) is 1. The van der Waals surface area contributed by atoms with Gasteiger partial charge in [-0.25, -0.2) is 0 Å². The zero-order chi connectivity index (χ0) is 13.5. The van der Waals surface area contributed by atoms with Crippen LogP contribution in [0.2, 0.25) is 0 Å². The molecule has 1 saturated heterocycles. The van der Waals surface area contributed by atoms with Crippen LogP contribution in [-0.4, -0.2) is 35.1 Å². The van der Waals surface area contributed by atoms with Gasteiger partial charge in [0.1, 0.15) is 0 Å². The monoisotopic (exact) mass is 295 g/mol. The van der Waals surface area contributed by atoms with E-state index in [1.807, 2.05) is 0 Å². The van der Waals surface area contributed by atoms with Crippen molar-refractivity contribution >= 4 is 23.5 Å². The Labute approximate surface area is 126 Å². The lowest BCUT2D eigenvalue weighted by Crippen LogP contribution is -2.42. The Kier molecular flexibility index (Phi) is 6.62. The lowest BCUT2D eigenvalue weighted by atomic mass is 10.0. The highest BCUT2D eigenvalue weighted by Crippen LogP contribution is 2.28. The third kappa shape index (κ3) is 4.73. The average molecular weight is 296 g/mol. The second-order valence-corrected chi connectivity index (χ2v) is 7.52. The Bertz CT molecular complexity index is 358. The normalized spacial score (nSPS) is 21.3. The van der Waals surface area contributed by atoms with Crippen LogP contribution in [0.5, 0.6) is 0 Å². The van der Waals surface area contributed by atoms with Crippen molar-refractivity contribution < 1.29 is 0 Å². The fourth-order valence-corrected chi connectivity index (χ4v) is 5.39. The highest BCUT2D eigenvalue weighted by atomic mass is 32.2. The van der Waals surface area contributed by atoms with E-state index in [-0.39, 0.29) is 0 Å². The molecule has 1 nitrogen and oxygen atoms in total. The Hall–Kier alpha value is -0.120. The molecule has 0 spiro atoms. The minimum Gasteiger partial charge on any atom is -0.313 e. The fraction of sp³-hybridized carbons (Fsp3) is 0.625. The van der Waals surface area contributed by atoms with Crippen molar-refractivity contribution in [2.75, 3.05) is 23.8 Å². The lowest BCUT2D eigenvalue weighted by molar-refractivity contribution is 0.522. The van der Waals surface area contributed by atoms with E-state index in [4.69, 9.17) is 0 Å². The Morgan fingerprint density at radius 1 is 1.16 bits per heavy atom. The summed E-state index contributed by atoms with van der Waals surface area (Å²) < 4.78 is 0. The van der Waals surface area contributed by atoms with Crippen molar-refractivity contribution in [1.29, 1.82) is 0 Å². The van der Waals surface area contributed by atoms with Gasteiger partial charge in [-0.1, -0.05) is 38.1 Å². The topological polar surface area (TPSA) is 12.0 Å². The number of hydrogen-bond acceptors (Lipinski definition) is 3. The zero-order valence-corrected chi connectivity index (χ0v) is 13.7. The molecule has 1 aromatic rings. The molecule has 1 N–H and O–H groups in total. The summed E-state index contributed by atoms with van der Waals surface area (Å²) in [5.41, 5.74) is 2.91. The maximum Gasteiger partial charge on any atom is 0.0295 e. The van der Waals surface area contributed by atoms with Gasteiger partial charge in [-0.05, 0) is 30.5 Å². The summed E-state index contributed by atoms with van der Waals surface area (Å²) in [7, 11) is 0. The van der Waals surface area contributed by atoms with Crippen LogP contribution in [0.4, 0.5) is 0 Å². The van der Waals surface area contributed by atoms with Crippen molar-refractivity contribution in [2.45, 2.75) is 38.0 Å². The number of benzene rings is 1. The van der Waals surface area contributed by atoms with Gasteiger partial charge in [-0.15, -0.1) is 0 Å². The summed E-state index contributed by atoms with van der Waals surface area (Å²) in [6, 6.07) is 9.80. The zero-order valence-electron chi connectivity index (χ0n) is 12.0. The van der Waals surface area contributed by atoms with Gasteiger partial charge in [0.2, 0.25) is 0 Å². The van der Waals surface area contributed by atoms with Crippen molar-refractivity contribution in [3.63, 3.8) is 0 Å². The molecule has 0 aliphatic carbocycles. The summed E-state index contributed by atoms with van der Waals surface area (Å²) >= 11 is 4.27. The van der Waals surface area contributed by atoms with Crippen LogP contribution >= 0.6 is 23.5 Å². The molecule has 19 heavy (non-hydrogen) atoms. The van der Waals surface area contributed by atoms with Crippen LogP contribution in [0.25, 0.3) is 0 Å². The highest BCUT2D eigenvalue weighted by Gasteiger charge is 2.23. The smallest absolute Gasteiger partial charge is 0.0295 e. The van der Waals surface area contributed by atoms with Gasteiger partial charge in [0.25, 0.3) is 0 Å². The molecule has 1 fully saturated rings. The molecule has 0 saturated carbocycles. The van der Waals surface area contributed by atoms with Gasteiger partial charge in [0.05, 0.1) is 0 Å². The van der Waals surface area contributed by atoms with E-state index >= 15 is 0 Å². The van der Waals surface area contributed by atoms with Gasteiger partial charge >= 0.3 is 0 Å². The summed E-state index contributed by atoms with van der Waals surface area (Å²) in [5.74, 6) is 3.94. The molecular formula is C16H25NS2. The van der Waals surface area contributed by atoms with Gasteiger partial charge in [-0.3, -0.25) is 0 Å². The molecule has 1 heterocycles. The third-order valence-corrected chi connectivity index (χ3v) is 6.56. The number of nitrogens with one attached hydrogen (secondary N) is 1. The van der Waals surface area contributed by atoms with Crippen molar-refractivity contribution in [3.8, 4) is 0 Å². The minimum absolute atomic E-state index is 0.621. The first kappa shape index (κ1) is 15.3. The van der Waals surface area contributed by atoms with Crippen LogP contribution in [0.3, 0.4) is 0 Å². The van der Waals surface area contributed by atoms with E-state index in [1.165, 1.54) is 28.4 Å². The van der Waals surface area contributed by atoms with Gasteiger partial charge in [-0.2, -0.15) is 23.5 Å². The first-order valence-corrected chi connectivity index (χ1v) is 9.54. The van der Waals surface area contributed by atoms with Crippen LogP contribution in [0.1, 0.15) is 25.0 Å². The molecular weight excluding hydrogens is 270 g/mol. The SMILES string of the molecule is CCNC(Cc1ccc(CC)cc1)C1CSCCS1. The van der Waals surface area contributed by atoms with Crippen molar-refractivity contribution in [3.05, 3.63) is 35.4 Å². The van der Waals surface area contributed by atoms with E-state index in [0.717, 1.165) is 24.6 Å². The number of rotatable bonds is 6. The summed E-state index contributed by atoms with van der Waals surface area (Å²) in [5, 5.41) is 4.46. The number of aryl methyl sites for hydroxylation is 1. The molecule has 1 aromatic carbocycles. The van der Waals surface area contributed by atoms with E-state index in [0.29, 0.717) is 6.04 Å². The van der Waals surface area contributed by atoms with Gasteiger partial charge < -0.3 is 5.32 Å². The molecule has 1 aliphatic rings. The highest BCUT2D eigenvalue weighted by molar-refractivity contribution is 8.06. The molecule has 0 radical (unpaired) electrons. The molecule has 0 aromatic heterocycles. The van der Waals surface area contributed by atoms with Crippen LogP contribution in [-0.2, 0) is 12.8 Å². The molecule has 2 rings (SSSR count). The van der Waals surface area contributed by atoms with Crippen LogP contribution < -0.4 is 5.32 Å². The molecule has 2 unspecified atom stereocenters. The minimum atomic E-state index is 0.621. The fourth-order valence-electron chi connectivity index (χ4n) is 2.50. The summed E-state index contributed by atoms with van der Waals surface area (Å²) in [4.78, 5) is 0. The maximum absolute atomic E-state index is 3.70. The predicted octanol–water partition coefficient (Wildman–Crippen LogP) is 3.62. The van der Waals surface area contributed by atoms with E-state index in [2.05, 4.69) is 67.0 Å². The van der Waals surface area contributed by atoms with E-state index < -0.39 is 0 Å². The first-order chi connectivity index (χ1) is 9.33. The third-order valence-electron chi connectivity index (χ3n) is 3.64. The first-order valence-electron chi connectivity index (χ1n) is 7.34. The quantitative estimate of drug-likeness (QED) is 0.861. The van der Waals surface area contributed by atoms with Crippen LogP contribution in [0.15, 0.2) is 24.3 Å². The molecule has 1 aliphatic heterocycles. The molecule has 0 amide bonds. The summed E-state index contributed by atoms with van der Waals surface area (Å²) in [6.45, 7) is 5.50. The lowest BCUT2D eigenvalue weighted by Gasteiger charge is -2.30. The molecule has 2 atom stereocenters. The summed E-state index contributed by atoms with van der Waals surface area (Å²) in [6.07, 6.45) is 2.29. The van der Waals surface area contributed by atoms with Crippen molar-refractivity contribution in [2.24, 2.45) is 0 Å². The Morgan fingerprint density at radius 3 is 2.47 bits per heavy atom. The number of thioether (sulfide) groups is 2. The maximum atomic E-state index is 3.70. The van der Waals surface area contributed by atoms with Crippen LogP contribution in [0, 0.1) is 0 Å². The standard InChI is InChI=1S/C16H25NS2/c1-3-13-5-7-14(8-6-13)11-15(17-4-2)16-12-18-9-10-19-16/h5-8,15-17H,3-4,9-12H2,1-2H3. The predicted molar refractivity (Wildman–Crippen MR) is 90.6 cm³/mol. The van der Waals surface area contributed by atoms with Gasteiger partial charge in [0, 0.05) is 28.6 Å². The second-order valence-electron chi connectivity index (χ2n) is 5.02. The average Bonchev–Trinajstić information content (AvgIpc) is 2.48. The molecule has 0 bridgehead atoms. The largest absolute Gasteiger partial charge is 0.313 e. The Morgan fingerprint density at radius 2 is 1.89 bits per heavy atom.